The quantitative estimate of drug-likeness (QED) is 0.355. The molecule has 1 aromatic rings. The van der Waals surface area contributed by atoms with Crippen molar-refractivity contribution in [2.45, 2.75) is 116 Å². The Hall–Kier alpha value is 0.0800. The van der Waals surface area contributed by atoms with Crippen LogP contribution in [0.2, 0.25) is 0 Å². The zero-order valence-corrected chi connectivity index (χ0v) is 21.3. The van der Waals surface area contributed by atoms with Gasteiger partial charge in [-0.25, -0.2) is 0 Å². The molecule has 0 aliphatic rings. The predicted octanol–water partition coefficient (Wildman–Crippen LogP) is 8.64. The minimum atomic E-state index is -0.123. The summed E-state index contributed by atoms with van der Waals surface area (Å²) in [4.78, 5) is 0. The maximum atomic E-state index is 3.83. The van der Waals surface area contributed by atoms with Crippen LogP contribution in [0.5, 0.6) is 0 Å². The molecule has 1 rings (SSSR count). The first-order valence-electron chi connectivity index (χ1n) is 9.98. The van der Waals surface area contributed by atoms with Crippen molar-refractivity contribution in [3.05, 3.63) is 35.4 Å². The molecule has 0 fully saturated rings. The van der Waals surface area contributed by atoms with Crippen molar-refractivity contribution in [3.63, 3.8) is 0 Å². The second-order valence-electron chi connectivity index (χ2n) is 11.6. The summed E-state index contributed by atoms with van der Waals surface area (Å²) in [6.07, 6.45) is 2.36. The number of rotatable bonds is 4. The molecule has 0 aliphatic heterocycles. The molecule has 2 heteroatoms. The predicted molar refractivity (Wildman–Crippen MR) is 126 cm³/mol. The maximum Gasteiger partial charge on any atom is -0.0172 e. The van der Waals surface area contributed by atoms with Gasteiger partial charge in [-0.3, -0.25) is 0 Å². The second-order valence-corrected chi connectivity index (χ2v) is 19.3. The number of hydrogen-bond donors (Lipinski definition) is 0. The van der Waals surface area contributed by atoms with Crippen LogP contribution in [0.25, 0.3) is 0 Å². The highest BCUT2D eigenvalue weighted by atomic mass is 31.1. The van der Waals surface area contributed by atoms with E-state index in [1.54, 1.807) is 0 Å². The van der Waals surface area contributed by atoms with Crippen LogP contribution in [-0.4, -0.2) is 20.6 Å². The van der Waals surface area contributed by atoms with Crippen LogP contribution in [0, 0.1) is 6.07 Å². The van der Waals surface area contributed by atoms with Gasteiger partial charge in [-0.1, -0.05) is 98.9 Å². The van der Waals surface area contributed by atoms with Gasteiger partial charge in [0.1, 0.15) is 0 Å². The summed E-state index contributed by atoms with van der Waals surface area (Å²) in [6.45, 7) is 28.9. The smallest absolute Gasteiger partial charge is 0.0172 e. The molecule has 0 aliphatic carbocycles. The molecule has 26 heavy (non-hydrogen) atoms. The molecule has 0 heterocycles. The highest BCUT2D eigenvalue weighted by molar-refractivity contribution is 7.60. The van der Waals surface area contributed by atoms with Crippen LogP contribution in [0.15, 0.2) is 18.2 Å². The van der Waals surface area contributed by atoms with E-state index in [2.05, 4.69) is 107 Å². The fourth-order valence-electron chi connectivity index (χ4n) is 4.06. The van der Waals surface area contributed by atoms with Crippen LogP contribution >= 0.6 is 15.8 Å². The molecule has 150 valence electrons. The first-order chi connectivity index (χ1) is 11.4. The molecule has 0 aromatic heterocycles. The van der Waals surface area contributed by atoms with Crippen LogP contribution in [0.4, 0.5) is 0 Å². The topological polar surface area (TPSA) is 0 Å². The molecule has 0 spiro atoms. The van der Waals surface area contributed by atoms with Crippen molar-refractivity contribution in [1.29, 1.82) is 0 Å². The molecule has 0 atom stereocenters. The van der Waals surface area contributed by atoms with Crippen molar-refractivity contribution in [1.82, 2.24) is 0 Å². The zero-order chi connectivity index (χ0) is 20.6. The van der Waals surface area contributed by atoms with E-state index in [9.17, 15) is 0 Å². The molecule has 0 amide bonds. The van der Waals surface area contributed by atoms with Crippen molar-refractivity contribution >= 4 is 15.8 Å². The van der Waals surface area contributed by atoms with Gasteiger partial charge in [0.15, 0.2) is 0 Å². The van der Waals surface area contributed by atoms with E-state index < -0.39 is 0 Å². The van der Waals surface area contributed by atoms with E-state index in [0.717, 1.165) is 0 Å². The van der Waals surface area contributed by atoms with E-state index >= 15 is 0 Å². The molecular formula is C24H43P2-. The Labute approximate surface area is 167 Å². The maximum absolute atomic E-state index is 3.83. The van der Waals surface area contributed by atoms with E-state index in [1.165, 1.54) is 23.5 Å². The van der Waals surface area contributed by atoms with E-state index in [-0.39, 0.29) is 15.8 Å². The Morgan fingerprint density at radius 1 is 0.577 bits per heavy atom. The van der Waals surface area contributed by atoms with Gasteiger partial charge in [-0.2, -0.15) is 35.4 Å². The van der Waals surface area contributed by atoms with Crippen LogP contribution < -0.4 is 0 Å². The molecule has 0 nitrogen and oxygen atoms in total. The van der Waals surface area contributed by atoms with Gasteiger partial charge >= 0.3 is 0 Å². The Bertz CT molecular complexity index is 497. The van der Waals surface area contributed by atoms with Crippen molar-refractivity contribution in [2.75, 3.05) is 0 Å². The monoisotopic (exact) mass is 393 g/mol. The van der Waals surface area contributed by atoms with Crippen molar-refractivity contribution < 1.29 is 0 Å². The van der Waals surface area contributed by atoms with E-state index in [4.69, 9.17) is 0 Å². The lowest BCUT2D eigenvalue weighted by atomic mass is 10.2. The van der Waals surface area contributed by atoms with Crippen molar-refractivity contribution in [2.24, 2.45) is 0 Å². The summed E-state index contributed by atoms with van der Waals surface area (Å²) in [5.74, 6) is 0. The highest BCUT2D eigenvalue weighted by Crippen LogP contribution is 2.62. The summed E-state index contributed by atoms with van der Waals surface area (Å²) >= 11 is 0. The molecule has 0 saturated heterocycles. The molecular weight excluding hydrogens is 350 g/mol. The summed E-state index contributed by atoms with van der Waals surface area (Å²) in [6, 6.07) is 10.7. The highest BCUT2D eigenvalue weighted by Gasteiger charge is 2.34. The lowest BCUT2D eigenvalue weighted by Crippen LogP contribution is -2.26. The molecule has 0 bridgehead atoms. The van der Waals surface area contributed by atoms with Gasteiger partial charge in [0.05, 0.1) is 0 Å². The molecule has 0 radical (unpaired) electrons. The van der Waals surface area contributed by atoms with Gasteiger partial charge in [-0.05, 0) is 32.9 Å². The number of hydrogen-bond acceptors (Lipinski definition) is 0. The van der Waals surface area contributed by atoms with E-state index in [1.807, 2.05) is 0 Å². The van der Waals surface area contributed by atoms with Gasteiger partial charge in [0.2, 0.25) is 0 Å². The van der Waals surface area contributed by atoms with Gasteiger partial charge < -0.3 is 0 Å². The Kier molecular flexibility index (Phi) is 7.62. The zero-order valence-electron chi connectivity index (χ0n) is 19.5. The van der Waals surface area contributed by atoms with Gasteiger partial charge in [-0.15, -0.1) is 0 Å². The summed E-state index contributed by atoms with van der Waals surface area (Å²) < 4.78 is 0. The summed E-state index contributed by atoms with van der Waals surface area (Å²) in [5.41, 5.74) is 2.83. The standard InChI is InChI=1S/C24H43P2/c1-21(2,3)25(22(4,5)6)17-19-14-13-15-20(16-19)18-26(23(7,8)9)24(10,11)12/h13-15H,17-18H2,1-12H3/q-1. The molecule has 0 unspecified atom stereocenters. The normalized spacial score (nSPS) is 14.4. The minimum absolute atomic E-state index is 0.123. The van der Waals surface area contributed by atoms with Crippen LogP contribution in [-0.2, 0) is 12.3 Å². The molecule has 0 N–H and O–H groups in total. The Morgan fingerprint density at radius 2 is 0.846 bits per heavy atom. The lowest BCUT2D eigenvalue weighted by molar-refractivity contribution is 0.702. The number of benzene rings is 1. The van der Waals surface area contributed by atoms with Gasteiger partial charge in [0.25, 0.3) is 0 Å². The summed E-state index contributed by atoms with van der Waals surface area (Å²) in [7, 11) is -0.246. The van der Waals surface area contributed by atoms with Crippen LogP contribution in [0.1, 0.15) is 94.2 Å². The minimum Gasteiger partial charge on any atom is -0.176 e. The summed E-state index contributed by atoms with van der Waals surface area (Å²) in [5, 5.41) is 1.45. The largest absolute Gasteiger partial charge is 0.176 e. The first-order valence-corrected chi connectivity index (χ1v) is 13.0. The average Bonchev–Trinajstić information content (AvgIpc) is 2.37. The first kappa shape index (κ1) is 24.1. The third-order valence-corrected chi connectivity index (χ3v) is 12.6. The fraction of sp³-hybridized carbons (Fsp3) is 0.750. The second kappa shape index (κ2) is 8.21. The average molecular weight is 394 g/mol. The van der Waals surface area contributed by atoms with Gasteiger partial charge in [0, 0.05) is 0 Å². The van der Waals surface area contributed by atoms with E-state index in [0.29, 0.717) is 20.6 Å². The SMILES string of the molecule is CC(C)(C)P(Cc1[c-]c(CP(C(C)(C)C)C(C)(C)C)ccc1)C(C)(C)C. The molecule has 1 aromatic carbocycles. The Balaban J connectivity index is 3.11. The Morgan fingerprint density at radius 3 is 1.08 bits per heavy atom. The third kappa shape index (κ3) is 7.24. The third-order valence-electron chi connectivity index (χ3n) is 4.81. The van der Waals surface area contributed by atoms with Crippen LogP contribution in [0.3, 0.4) is 0 Å². The fourth-order valence-corrected chi connectivity index (χ4v) is 11.0. The van der Waals surface area contributed by atoms with Crippen molar-refractivity contribution in [3.8, 4) is 0 Å². The lowest BCUT2D eigenvalue weighted by Gasteiger charge is -2.43. The molecule has 0 saturated carbocycles.